The highest BCUT2D eigenvalue weighted by molar-refractivity contribution is 6.00. The van der Waals surface area contributed by atoms with Gasteiger partial charge in [0.15, 0.2) is 5.96 Å². The Morgan fingerprint density at radius 3 is 0.914 bits per heavy atom. The van der Waals surface area contributed by atoms with Gasteiger partial charge >= 0.3 is 5.97 Å². The number of aliphatic carboxylic acids is 1. The molecule has 0 bridgehead atoms. The Labute approximate surface area is 617 Å². The first-order valence-corrected chi connectivity index (χ1v) is 36.3. The molecule has 0 saturated heterocycles. The predicted octanol–water partition coefficient (Wildman–Crippen LogP) is -3.24. The lowest BCUT2D eigenvalue weighted by molar-refractivity contribution is -0.144. The molecule has 0 aliphatic heterocycles. The third-order valence-electron chi connectivity index (χ3n) is 16.9. The SMILES string of the molecule is CC[C@H](C)[C@H](NC(=O)[C@H](CC(C)C)NC(=O)[C@H](CC(C)C)NC(=O)[C@H](CC(C)C)NC(=O)[C@H](CO)NC(=O)[C@@H](NC(=O)[C@H](CCCN=C(N)N)NC(=O)[C@H](CC(C)C)NC(=O)[C@H](CC(C)C)NC(=O)[C@H](CCC(N)=O)NC(=O)[C@H](CC(C)C)NC(=O)[C@H](CC(N)=O)NC(=O)[C@@H](N)CO)[C@@H](C)CC)C(=O)O. The Hall–Kier alpha value is -8.80. The molecule has 105 heavy (non-hydrogen) atoms. The molecule has 0 spiro atoms. The van der Waals surface area contributed by atoms with Gasteiger partial charge in [0.1, 0.15) is 78.5 Å². The predicted molar refractivity (Wildman–Crippen MR) is 391 cm³/mol. The number of hydrogen-bond acceptors (Lipinski definition) is 19. The van der Waals surface area contributed by atoms with Crippen molar-refractivity contribution in [2.24, 2.45) is 81.0 Å². The lowest BCUT2D eigenvalue weighted by Crippen LogP contribution is -2.62. The normalized spacial score (nSPS) is 15.7. The van der Waals surface area contributed by atoms with E-state index in [2.05, 4.69) is 68.8 Å². The molecule has 0 unspecified atom stereocenters. The maximum atomic E-state index is 14.6. The maximum absolute atomic E-state index is 14.6. The van der Waals surface area contributed by atoms with Crippen LogP contribution in [0.1, 0.15) is 194 Å². The van der Waals surface area contributed by atoms with Gasteiger partial charge in [-0.1, -0.05) is 124 Å². The number of carboxylic acids is 1. The lowest BCUT2D eigenvalue weighted by atomic mass is 9.96. The van der Waals surface area contributed by atoms with Gasteiger partial charge in [0, 0.05) is 13.0 Å². The molecule has 25 N–H and O–H groups in total. The number of nitrogens with two attached hydrogens (primary N) is 5. The topological polar surface area (TPSA) is 604 Å². The number of primary amides is 2. The van der Waals surface area contributed by atoms with E-state index in [0.717, 1.165) is 0 Å². The van der Waals surface area contributed by atoms with Crippen LogP contribution in [0.25, 0.3) is 0 Å². The molecule has 0 saturated carbocycles. The molecule has 0 aromatic rings. The van der Waals surface area contributed by atoms with E-state index in [1.807, 2.05) is 13.8 Å². The van der Waals surface area contributed by atoms with Crippen LogP contribution < -0.4 is 92.5 Å². The summed E-state index contributed by atoms with van der Waals surface area (Å²) >= 11 is 0. The number of nitrogens with zero attached hydrogens (tertiary/aromatic N) is 1. The van der Waals surface area contributed by atoms with Crippen LogP contribution in [0.4, 0.5) is 0 Å². The zero-order valence-electron chi connectivity index (χ0n) is 64.2. The van der Waals surface area contributed by atoms with Crippen LogP contribution in [0, 0.1) is 47.3 Å². The number of hydrogen-bond donors (Lipinski definition) is 20. The van der Waals surface area contributed by atoms with Crippen molar-refractivity contribution < 1.29 is 87.2 Å². The van der Waals surface area contributed by atoms with E-state index in [0.29, 0.717) is 6.42 Å². The minimum atomic E-state index is -1.74. The zero-order chi connectivity index (χ0) is 80.9. The maximum Gasteiger partial charge on any atom is 0.326 e. The van der Waals surface area contributed by atoms with E-state index < -0.39 is 212 Å². The second-order valence-corrected chi connectivity index (χ2v) is 29.6. The van der Waals surface area contributed by atoms with E-state index in [1.165, 1.54) is 0 Å². The summed E-state index contributed by atoms with van der Waals surface area (Å²) in [6, 6.07) is -18.8. The van der Waals surface area contributed by atoms with Gasteiger partial charge in [-0.15, -0.1) is 0 Å². The van der Waals surface area contributed by atoms with Crippen molar-refractivity contribution in [2.45, 2.75) is 273 Å². The van der Waals surface area contributed by atoms with Gasteiger partial charge in [-0.25, -0.2) is 4.79 Å². The molecular weight excluding hydrogens is 1370 g/mol. The fraction of sp³-hybridized carbons (Fsp3) is 0.768. The molecule has 36 nitrogen and oxygen atoms in total. The fourth-order valence-corrected chi connectivity index (χ4v) is 10.8. The van der Waals surface area contributed by atoms with Gasteiger partial charge in [-0.05, 0) is 105 Å². The van der Waals surface area contributed by atoms with E-state index in [-0.39, 0.29) is 106 Å². The minimum Gasteiger partial charge on any atom is -0.480 e. The number of aliphatic hydroxyl groups is 2. The third-order valence-corrected chi connectivity index (χ3v) is 16.9. The summed E-state index contributed by atoms with van der Waals surface area (Å²) in [6.07, 6.45) is -1.03. The molecule has 0 rings (SSSR count). The quantitative estimate of drug-likeness (QED) is 0.0162. The van der Waals surface area contributed by atoms with Crippen LogP contribution in [-0.2, 0) is 71.9 Å². The van der Waals surface area contributed by atoms with Gasteiger partial charge in [0.05, 0.1) is 19.6 Å². The number of aliphatic hydroxyl groups excluding tert-OH is 2. The lowest BCUT2D eigenvalue weighted by Gasteiger charge is -2.30. The van der Waals surface area contributed by atoms with Gasteiger partial charge in [-0.2, -0.15) is 0 Å². The highest BCUT2D eigenvalue weighted by Gasteiger charge is 2.39. The second kappa shape index (κ2) is 49.1. The van der Waals surface area contributed by atoms with Crippen LogP contribution in [0.5, 0.6) is 0 Å². The summed E-state index contributed by atoms with van der Waals surface area (Å²) in [6.45, 7) is 26.0. The Balaban J connectivity index is 7.20. The Morgan fingerprint density at radius 1 is 0.333 bits per heavy atom. The summed E-state index contributed by atoms with van der Waals surface area (Å²) in [5.41, 5.74) is 27.6. The van der Waals surface area contributed by atoms with E-state index in [9.17, 15) is 87.2 Å². The zero-order valence-corrected chi connectivity index (χ0v) is 64.2. The van der Waals surface area contributed by atoms with Crippen LogP contribution in [0.2, 0.25) is 0 Å². The van der Waals surface area contributed by atoms with Gasteiger partial charge in [-0.3, -0.25) is 72.1 Å². The summed E-state index contributed by atoms with van der Waals surface area (Å²) in [5, 5.41) is 60.8. The standard InChI is InChI=1S/C69H126N18O18/c1-17-39(15)54(67(103)85-51(32-89)66(102)84-48(28-37(11)12)63(99)81-47(27-36(9)10)62(98)83-49(29-38(13)14)65(101)87-55(68(104)105)40(16)18-2)86-58(94)42(20-19-23-75-69(73)74)76-59(95)44(24-33(3)4)80-61(97)46(26-35(7)8)79-57(93)43(21-22-52(71)90)77-60(96)45(25-34(5)6)82-64(100)50(30-53(72)91)78-56(92)41(70)31-88/h33-51,54-55,88-89H,17-32,70H2,1-16H3,(H2,71,90)(H2,72,91)(H,76,95)(H,77,96)(H,78,92)(H,79,93)(H,80,97)(H,81,99)(H,82,100)(H,83,98)(H,84,102)(H,85,103)(H,86,94)(H,87,101)(H,104,105)(H4,73,74,75)/t39-,40-,41-,42-,43-,44-,45-,46-,47-,48-,49-,50-,51-,54-,55-/m0/s1. The van der Waals surface area contributed by atoms with Crippen molar-refractivity contribution in [3.05, 3.63) is 0 Å². The molecule has 36 heteroatoms. The highest BCUT2D eigenvalue weighted by atomic mass is 16.4. The van der Waals surface area contributed by atoms with Crippen LogP contribution >= 0.6 is 0 Å². The molecule has 0 aromatic carbocycles. The van der Waals surface area contributed by atoms with Crippen LogP contribution in [-0.4, -0.2) is 208 Å². The Bertz CT molecular complexity index is 2910. The van der Waals surface area contributed by atoms with E-state index in [4.69, 9.17) is 28.7 Å². The molecule has 0 fully saturated rings. The molecule has 600 valence electrons. The molecule has 0 aliphatic rings. The summed E-state index contributed by atoms with van der Waals surface area (Å²) in [7, 11) is 0. The van der Waals surface area contributed by atoms with Crippen LogP contribution in [0.15, 0.2) is 4.99 Å². The summed E-state index contributed by atoms with van der Waals surface area (Å²) < 4.78 is 0. The van der Waals surface area contributed by atoms with Crippen molar-refractivity contribution in [3.8, 4) is 0 Å². The van der Waals surface area contributed by atoms with E-state index in [1.54, 1.807) is 96.9 Å². The molecular formula is C69H126N18O18. The van der Waals surface area contributed by atoms with Crippen molar-refractivity contribution in [3.63, 3.8) is 0 Å². The minimum absolute atomic E-state index is 0.00427. The van der Waals surface area contributed by atoms with Gasteiger partial charge in [0.25, 0.3) is 0 Å². The second-order valence-electron chi connectivity index (χ2n) is 29.6. The average molecular weight is 1500 g/mol. The summed E-state index contributed by atoms with van der Waals surface area (Å²) in [4.78, 5) is 209. The van der Waals surface area contributed by atoms with Gasteiger partial charge < -0.3 is 108 Å². The van der Waals surface area contributed by atoms with Crippen molar-refractivity contribution in [1.82, 2.24) is 63.8 Å². The van der Waals surface area contributed by atoms with Gasteiger partial charge in [0.2, 0.25) is 82.7 Å². The molecule has 0 heterocycles. The van der Waals surface area contributed by atoms with E-state index >= 15 is 0 Å². The molecule has 14 amide bonds. The summed E-state index contributed by atoms with van der Waals surface area (Å²) in [5.74, 6) is -17.1. The number of carboxylic acid groups (broad SMARTS) is 1. The van der Waals surface area contributed by atoms with Crippen LogP contribution in [0.3, 0.4) is 0 Å². The molecule has 0 aromatic heterocycles. The number of carbonyl (C=O) groups excluding carboxylic acids is 14. The largest absolute Gasteiger partial charge is 0.480 e. The molecule has 15 atom stereocenters. The average Bonchev–Trinajstić information content (AvgIpc) is 0.857. The highest BCUT2D eigenvalue weighted by Crippen LogP contribution is 2.18. The number of nitrogens with one attached hydrogen (secondary N) is 12. The van der Waals surface area contributed by atoms with Crippen molar-refractivity contribution in [1.29, 1.82) is 0 Å². The fourth-order valence-electron chi connectivity index (χ4n) is 10.8. The Morgan fingerprint density at radius 2 is 0.610 bits per heavy atom. The number of carbonyl (C=O) groups is 15. The number of amides is 14. The Kier molecular flexibility index (Phi) is 45.0. The first-order valence-electron chi connectivity index (χ1n) is 36.3. The number of rotatable bonds is 52. The monoisotopic (exact) mass is 1490 g/mol. The molecule has 0 radical (unpaired) electrons. The first kappa shape index (κ1) is 96.2. The van der Waals surface area contributed by atoms with Crippen molar-refractivity contribution >= 4 is 94.6 Å². The third kappa shape index (κ3) is 38.2. The first-order chi connectivity index (χ1) is 48.8. The number of guanidine groups is 1. The smallest absolute Gasteiger partial charge is 0.326 e. The van der Waals surface area contributed by atoms with Crippen molar-refractivity contribution in [2.75, 3.05) is 19.8 Å². The molecule has 0 aliphatic carbocycles. The number of aliphatic imine (C=N–C) groups is 1.